The van der Waals surface area contributed by atoms with Gasteiger partial charge in [-0.25, -0.2) is 13.4 Å². The smallest absolute Gasteiger partial charge is 0.243 e. The number of carbonyl (C=O) groups is 1. The van der Waals surface area contributed by atoms with Gasteiger partial charge in [0.15, 0.2) is 0 Å². The summed E-state index contributed by atoms with van der Waals surface area (Å²) in [5.74, 6) is 1.17. The van der Waals surface area contributed by atoms with Crippen LogP contribution in [-0.4, -0.2) is 62.4 Å². The van der Waals surface area contributed by atoms with Crippen LogP contribution in [0.15, 0.2) is 35.2 Å². The summed E-state index contributed by atoms with van der Waals surface area (Å²) in [4.78, 5) is 12.8. The summed E-state index contributed by atoms with van der Waals surface area (Å²) in [6.45, 7) is 4.20. The van der Waals surface area contributed by atoms with Crippen LogP contribution in [0.25, 0.3) is 0 Å². The van der Waals surface area contributed by atoms with E-state index in [1.165, 1.54) is 0 Å². The summed E-state index contributed by atoms with van der Waals surface area (Å²) in [6, 6.07) is 9.10. The van der Waals surface area contributed by atoms with Crippen LogP contribution in [0.2, 0.25) is 0 Å². The average Bonchev–Trinajstić information content (AvgIpc) is 3.08. The summed E-state index contributed by atoms with van der Waals surface area (Å²) in [5, 5.41) is 5.08. The minimum atomic E-state index is -3.40. The molecule has 0 radical (unpaired) electrons. The van der Waals surface area contributed by atoms with E-state index < -0.39 is 10.0 Å². The maximum Gasteiger partial charge on any atom is 0.243 e. The summed E-state index contributed by atoms with van der Waals surface area (Å²) in [7, 11) is -1.69. The number of fused-ring (bicyclic) bond motifs is 1. The van der Waals surface area contributed by atoms with E-state index >= 15 is 0 Å². The van der Waals surface area contributed by atoms with Crippen molar-refractivity contribution in [3.8, 4) is 0 Å². The molecule has 0 aliphatic carbocycles. The molecule has 1 aromatic carbocycles. The highest BCUT2D eigenvalue weighted by molar-refractivity contribution is 7.89. The summed E-state index contributed by atoms with van der Waals surface area (Å²) < 4.78 is 27.4. The minimum absolute atomic E-state index is 0.0265. The fourth-order valence-electron chi connectivity index (χ4n) is 5.53. The van der Waals surface area contributed by atoms with Crippen LogP contribution in [-0.2, 0) is 14.8 Å². The molecule has 1 amide bonds. The Morgan fingerprint density at radius 3 is 2.38 bits per heavy atom. The Morgan fingerprint density at radius 2 is 1.72 bits per heavy atom. The summed E-state index contributed by atoms with van der Waals surface area (Å²) >= 11 is 0. The van der Waals surface area contributed by atoms with Gasteiger partial charge in [0, 0.05) is 38.8 Å². The molecule has 0 saturated carbocycles. The van der Waals surface area contributed by atoms with Gasteiger partial charge in [-0.1, -0.05) is 18.2 Å². The van der Waals surface area contributed by atoms with Gasteiger partial charge in [-0.2, -0.15) is 4.31 Å². The highest BCUT2D eigenvalue weighted by atomic mass is 32.2. The average molecular weight is 421 g/mol. The quantitative estimate of drug-likeness (QED) is 0.770. The molecule has 3 aliphatic heterocycles. The third-order valence-electron chi connectivity index (χ3n) is 7.10. The number of carbonyl (C=O) groups excluding carboxylic acids is 1. The van der Waals surface area contributed by atoms with Gasteiger partial charge in [0.25, 0.3) is 0 Å². The maximum absolute atomic E-state index is 12.9. The highest BCUT2D eigenvalue weighted by Crippen LogP contribution is 2.40. The zero-order chi connectivity index (χ0) is 20.6. The maximum atomic E-state index is 12.9. The lowest BCUT2D eigenvalue weighted by Crippen LogP contribution is -2.49. The lowest BCUT2D eigenvalue weighted by molar-refractivity contribution is -0.126. The number of hydrogen-bond donors (Lipinski definition) is 2. The van der Waals surface area contributed by atoms with Crippen molar-refractivity contribution >= 4 is 15.9 Å². The fraction of sp³-hybridized carbons (Fsp3) is 0.667. The Morgan fingerprint density at radius 1 is 1.07 bits per heavy atom. The molecule has 0 aromatic heterocycles. The van der Waals surface area contributed by atoms with Gasteiger partial charge < -0.3 is 5.32 Å². The molecule has 3 heterocycles. The molecule has 7 nitrogen and oxygen atoms in total. The Kier molecular flexibility index (Phi) is 5.97. The molecule has 1 aromatic rings. The van der Waals surface area contributed by atoms with Crippen LogP contribution in [0.1, 0.15) is 32.6 Å². The van der Waals surface area contributed by atoms with Crippen molar-refractivity contribution in [1.82, 2.24) is 20.1 Å². The normalized spacial score (nSPS) is 32.1. The molecule has 160 valence electrons. The molecule has 0 bridgehead atoms. The van der Waals surface area contributed by atoms with Gasteiger partial charge in [0.2, 0.25) is 15.9 Å². The summed E-state index contributed by atoms with van der Waals surface area (Å²) in [5.41, 5.74) is 3.47. The molecule has 8 heteroatoms. The first-order chi connectivity index (χ1) is 13.9. The second-order valence-corrected chi connectivity index (χ2v) is 10.6. The van der Waals surface area contributed by atoms with Crippen molar-refractivity contribution in [3.05, 3.63) is 30.3 Å². The monoisotopic (exact) mass is 420 g/mol. The number of hydrazine groups is 1. The summed E-state index contributed by atoms with van der Waals surface area (Å²) in [6.07, 6.45) is 3.91. The number of nitrogens with one attached hydrogen (secondary N) is 2. The molecule has 3 saturated heterocycles. The van der Waals surface area contributed by atoms with Gasteiger partial charge >= 0.3 is 0 Å². The topological polar surface area (TPSA) is 81.8 Å². The van der Waals surface area contributed by atoms with Gasteiger partial charge in [-0.15, -0.1) is 0 Å². The van der Waals surface area contributed by atoms with Crippen LogP contribution in [0.5, 0.6) is 0 Å². The lowest BCUT2D eigenvalue weighted by atomic mass is 9.74. The van der Waals surface area contributed by atoms with Crippen LogP contribution in [0.3, 0.4) is 0 Å². The van der Waals surface area contributed by atoms with Crippen LogP contribution >= 0.6 is 0 Å². The van der Waals surface area contributed by atoms with Gasteiger partial charge in [0.1, 0.15) is 0 Å². The van der Waals surface area contributed by atoms with Crippen molar-refractivity contribution in [3.63, 3.8) is 0 Å². The second-order valence-electron chi connectivity index (χ2n) is 8.66. The molecule has 4 unspecified atom stereocenters. The number of piperidine rings is 2. The third kappa shape index (κ3) is 3.95. The number of nitrogens with zero attached hydrogens (tertiary/aromatic N) is 2. The number of hydrogen-bond acceptors (Lipinski definition) is 5. The van der Waals surface area contributed by atoms with E-state index in [0.29, 0.717) is 29.8 Å². The lowest BCUT2D eigenvalue weighted by Gasteiger charge is -2.42. The Balaban J connectivity index is 1.39. The zero-order valence-corrected chi connectivity index (χ0v) is 18.1. The number of benzene rings is 1. The number of rotatable bonds is 4. The van der Waals surface area contributed by atoms with Crippen molar-refractivity contribution in [2.24, 2.45) is 17.8 Å². The van der Waals surface area contributed by atoms with E-state index in [1.807, 2.05) is 6.07 Å². The van der Waals surface area contributed by atoms with Crippen molar-refractivity contribution in [2.45, 2.75) is 49.6 Å². The van der Waals surface area contributed by atoms with E-state index in [-0.39, 0.29) is 23.9 Å². The Hall–Kier alpha value is -1.48. The van der Waals surface area contributed by atoms with Crippen LogP contribution < -0.4 is 10.7 Å². The molecule has 0 spiro atoms. The second kappa shape index (κ2) is 8.34. The SMILES string of the molecule is CNC(=O)C1C(C)NN2CCC(C3CCN(S(=O)(=O)c4ccccc4)CC3)CC12. The van der Waals surface area contributed by atoms with E-state index in [2.05, 4.69) is 22.7 Å². The molecule has 3 fully saturated rings. The number of amides is 1. The Bertz CT molecular complexity index is 824. The molecule has 4 atom stereocenters. The first kappa shape index (κ1) is 20.8. The standard InChI is InChI=1S/C21H32N4O3S/c1-15-20(21(26)22-2)19-14-17(10-13-25(19)23-15)16-8-11-24(12-9-16)29(27,28)18-6-4-3-5-7-18/h3-7,15-17,19-20,23H,8-14H2,1-2H3,(H,22,26). The van der Waals surface area contributed by atoms with E-state index in [4.69, 9.17) is 0 Å². The zero-order valence-electron chi connectivity index (χ0n) is 17.3. The minimum Gasteiger partial charge on any atom is -0.359 e. The van der Waals surface area contributed by atoms with Gasteiger partial charge in [-0.05, 0) is 56.6 Å². The molecule has 29 heavy (non-hydrogen) atoms. The highest BCUT2D eigenvalue weighted by Gasteiger charge is 2.47. The predicted molar refractivity (Wildman–Crippen MR) is 111 cm³/mol. The number of sulfonamides is 1. The molecule has 4 rings (SSSR count). The molecule has 2 N–H and O–H groups in total. The van der Waals surface area contributed by atoms with Crippen molar-refractivity contribution in [1.29, 1.82) is 0 Å². The first-order valence-electron chi connectivity index (χ1n) is 10.7. The molecule has 3 aliphatic rings. The van der Waals surface area contributed by atoms with Crippen molar-refractivity contribution < 1.29 is 13.2 Å². The van der Waals surface area contributed by atoms with E-state index in [9.17, 15) is 13.2 Å². The first-order valence-corrected chi connectivity index (χ1v) is 12.2. The van der Waals surface area contributed by atoms with Gasteiger partial charge in [0.05, 0.1) is 10.8 Å². The molecular weight excluding hydrogens is 388 g/mol. The van der Waals surface area contributed by atoms with Crippen molar-refractivity contribution in [2.75, 3.05) is 26.7 Å². The fourth-order valence-corrected chi connectivity index (χ4v) is 7.02. The van der Waals surface area contributed by atoms with E-state index in [0.717, 1.165) is 32.2 Å². The van der Waals surface area contributed by atoms with E-state index in [1.54, 1.807) is 35.6 Å². The third-order valence-corrected chi connectivity index (χ3v) is 9.02. The van der Waals surface area contributed by atoms with Crippen LogP contribution in [0, 0.1) is 17.8 Å². The largest absolute Gasteiger partial charge is 0.359 e. The van der Waals surface area contributed by atoms with Gasteiger partial charge in [-0.3, -0.25) is 10.2 Å². The van der Waals surface area contributed by atoms with Crippen LogP contribution in [0.4, 0.5) is 0 Å². The predicted octanol–water partition coefficient (Wildman–Crippen LogP) is 1.44. The molecular formula is C21H32N4O3S. The Labute approximate surface area is 173 Å².